The van der Waals surface area contributed by atoms with E-state index < -0.39 is 12.5 Å². The van der Waals surface area contributed by atoms with Gasteiger partial charge in [-0.1, -0.05) is 6.07 Å². The molecule has 0 bridgehead atoms. The Kier molecular flexibility index (Phi) is 2.63. The van der Waals surface area contributed by atoms with Crippen LogP contribution in [0.25, 0.3) is 0 Å². The Morgan fingerprint density at radius 2 is 2.12 bits per heavy atom. The minimum atomic E-state index is -3.00. The number of alkyl halides is 2. The van der Waals surface area contributed by atoms with Gasteiger partial charge in [0.2, 0.25) is 5.91 Å². The van der Waals surface area contributed by atoms with E-state index in [1.807, 2.05) is 0 Å². The number of hydrogen-bond donors (Lipinski definition) is 2. The third-order valence-corrected chi connectivity index (χ3v) is 2.68. The number of fused-ring (bicyclic) bond motifs is 1. The van der Waals surface area contributed by atoms with Gasteiger partial charge in [0.05, 0.1) is 6.54 Å². The zero-order chi connectivity index (χ0) is 11.8. The molecule has 3 N–H and O–H groups in total. The zero-order valence-electron chi connectivity index (χ0n) is 8.59. The Morgan fingerprint density at radius 1 is 1.38 bits per heavy atom. The van der Waals surface area contributed by atoms with E-state index in [9.17, 15) is 13.6 Å². The van der Waals surface area contributed by atoms with E-state index in [2.05, 4.69) is 5.32 Å². The van der Waals surface area contributed by atoms with Crippen LogP contribution in [-0.4, -0.2) is 12.5 Å². The molecule has 16 heavy (non-hydrogen) atoms. The normalized spacial score (nSPS) is 15.6. The number of carbonyl (C=O) groups is 1. The van der Waals surface area contributed by atoms with E-state index in [-0.39, 0.29) is 11.5 Å². The molecule has 1 aliphatic rings. The fraction of sp³-hybridized carbons (Fsp3) is 0.364. The molecule has 0 atom stereocenters. The maximum Gasteiger partial charge on any atom is 0.285 e. The Bertz CT molecular complexity index is 432. The Labute approximate surface area is 91.6 Å². The van der Waals surface area contributed by atoms with Crippen LogP contribution in [0.5, 0.6) is 0 Å². The molecule has 86 valence electrons. The minimum absolute atomic E-state index is 0.0779. The van der Waals surface area contributed by atoms with Crippen LogP contribution in [0.15, 0.2) is 18.2 Å². The predicted molar refractivity (Wildman–Crippen MR) is 56.3 cm³/mol. The summed E-state index contributed by atoms with van der Waals surface area (Å²) in [4.78, 5) is 11.1. The van der Waals surface area contributed by atoms with Gasteiger partial charge in [-0.05, 0) is 24.1 Å². The van der Waals surface area contributed by atoms with Gasteiger partial charge in [-0.25, -0.2) is 0 Å². The molecular weight excluding hydrogens is 214 g/mol. The summed E-state index contributed by atoms with van der Waals surface area (Å²) in [7, 11) is 0. The maximum absolute atomic E-state index is 13.3. The van der Waals surface area contributed by atoms with Gasteiger partial charge in [-0.3, -0.25) is 4.79 Å². The van der Waals surface area contributed by atoms with Crippen LogP contribution < -0.4 is 11.1 Å². The first-order valence-electron chi connectivity index (χ1n) is 5.04. The lowest BCUT2D eigenvalue weighted by Gasteiger charge is -2.20. The molecule has 1 aromatic carbocycles. The number of halogens is 2. The molecule has 0 fully saturated rings. The first-order valence-corrected chi connectivity index (χ1v) is 5.04. The van der Waals surface area contributed by atoms with Crippen molar-refractivity contribution in [1.29, 1.82) is 0 Å². The molecule has 5 heteroatoms. The van der Waals surface area contributed by atoms with Crippen LogP contribution in [0.2, 0.25) is 0 Å². The molecule has 0 aromatic heterocycles. The van der Waals surface area contributed by atoms with Gasteiger partial charge >= 0.3 is 0 Å². The average Bonchev–Trinajstić information content (AvgIpc) is 2.28. The number of hydrogen-bond acceptors (Lipinski definition) is 2. The molecule has 0 saturated carbocycles. The second-order valence-corrected chi connectivity index (χ2v) is 3.83. The number of anilines is 1. The van der Waals surface area contributed by atoms with Crippen LogP contribution in [0.3, 0.4) is 0 Å². The van der Waals surface area contributed by atoms with Gasteiger partial charge in [0.25, 0.3) is 5.92 Å². The largest absolute Gasteiger partial charge is 0.326 e. The van der Waals surface area contributed by atoms with Gasteiger partial charge in [0, 0.05) is 17.7 Å². The summed E-state index contributed by atoms with van der Waals surface area (Å²) in [6.45, 7) is -0.710. The van der Waals surface area contributed by atoms with Gasteiger partial charge in [-0.2, -0.15) is 8.78 Å². The molecule has 1 aromatic rings. The highest BCUT2D eigenvalue weighted by molar-refractivity contribution is 5.93. The standard InChI is InChI=1S/C11H12F2N2O/c12-11(13,6-14)8-2-3-9-7(5-8)1-4-10(16)15-9/h2-3,5H,1,4,6,14H2,(H,15,16). The fourth-order valence-corrected chi connectivity index (χ4v) is 1.73. The predicted octanol–water partition coefficient (Wildman–Crippen LogP) is 1.62. The summed E-state index contributed by atoms with van der Waals surface area (Å²) < 4.78 is 26.6. The lowest BCUT2D eigenvalue weighted by molar-refractivity contribution is -0.116. The fourth-order valence-electron chi connectivity index (χ4n) is 1.73. The SMILES string of the molecule is NCC(F)(F)c1ccc2c(c1)CCC(=O)N2. The van der Waals surface area contributed by atoms with E-state index in [0.717, 1.165) is 5.56 Å². The second kappa shape index (κ2) is 3.83. The highest BCUT2D eigenvalue weighted by Crippen LogP contribution is 2.31. The number of aryl methyl sites for hydroxylation is 1. The van der Waals surface area contributed by atoms with Gasteiger partial charge in [0.1, 0.15) is 0 Å². The number of rotatable bonds is 2. The Morgan fingerprint density at radius 3 is 2.81 bits per heavy atom. The topological polar surface area (TPSA) is 55.1 Å². The molecule has 0 radical (unpaired) electrons. The van der Waals surface area contributed by atoms with Gasteiger partial charge in [-0.15, -0.1) is 0 Å². The maximum atomic E-state index is 13.3. The molecule has 0 saturated heterocycles. The third-order valence-electron chi connectivity index (χ3n) is 2.68. The van der Waals surface area contributed by atoms with E-state index >= 15 is 0 Å². The highest BCUT2D eigenvalue weighted by atomic mass is 19.3. The van der Waals surface area contributed by atoms with Crippen molar-refractivity contribution in [2.75, 3.05) is 11.9 Å². The van der Waals surface area contributed by atoms with Crippen LogP contribution in [0, 0.1) is 0 Å². The quantitative estimate of drug-likeness (QED) is 0.805. The smallest absolute Gasteiger partial charge is 0.285 e. The second-order valence-electron chi connectivity index (χ2n) is 3.83. The monoisotopic (exact) mass is 226 g/mol. The zero-order valence-corrected chi connectivity index (χ0v) is 8.59. The van der Waals surface area contributed by atoms with Crippen molar-refractivity contribution in [1.82, 2.24) is 0 Å². The molecule has 3 nitrogen and oxygen atoms in total. The number of nitrogens with one attached hydrogen (secondary N) is 1. The number of carbonyl (C=O) groups excluding carboxylic acids is 1. The summed E-state index contributed by atoms with van der Waals surface area (Å²) in [5.74, 6) is -3.08. The number of benzene rings is 1. The molecule has 0 unspecified atom stereocenters. The summed E-state index contributed by atoms with van der Waals surface area (Å²) >= 11 is 0. The summed E-state index contributed by atoms with van der Waals surface area (Å²) in [6.07, 6.45) is 0.834. The van der Waals surface area contributed by atoms with Crippen LogP contribution >= 0.6 is 0 Å². The number of nitrogens with two attached hydrogens (primary N) is 1. The average molecular weight is 226 g/mol. The first-order chi connectivity index (χ1) is 7.53. The van der Waals surface area contributed by atoms with Crippen molar-refractivity contribution >= 4 is 11.6 Å². The molecule has 1 amide bonds. The molecule has 1 aliphatic heterocycles. The van der Waals surface area contributed by atoms with Crippen LogP contribution in [-0.2, 0) is 17.1 Å². The molecule has 2 rings (SSSR count). The molecule has 1 heterocycles. The first kappa shape index (κ1) is 11.0. The summed E-state index contributed by atoms with van der Waals surface area (Å²) in [6, 6.07) is 4.23. The Hall–Kier alpha value is -1.49. The lowest BCUT2D eigenvalue weighted by atomic mass is 9.98. The van der Waals surface area contributed by atoms with Crippen molar-refractivity contribution in [3.63, 3.8) is 0 Å². The van der Waals surface area contributed by atoms with Crippen molar-refractivity contribution in [3.8, 4) is 0 Å². The van der Waals surface area contributed by atoms with E-state index in [1.165, 1.54) is 18.2 Å². The molecule has 0 spiro atoms. The van der Waals surface area contributed by atoms with Crippen molar-refractivity contribution in [3.05, 3.63) is 29.3 Å². The molecular formula is C11H12F2N2O. The van der Waals surface area contributed by atoms with Crippen LogP contribution in [0.1, 0.15) is 17.5 Å². The van der Waals surface area contributed by atoms with Gasteiger partial charge < -0.3 is 11.1 Å². The summed E-state index contributed by atoms with van der Waals surface area (Å²) in [5, 5.41) is 2.64. The van der Waals surface area contributed by atoms with Gasteiger partial charge in [0.15, 0.2) is 0 Å². The van der Waals surface area contributed by atoms with E-state index in [1.54, 1.807) is 0 Å². The molecule has 0 aliphatic carbocycles. The van der Waals surface area contributed by atoms with Crippen molar-refractivity contribution in [2.24, 2.45) is 5.73 Å². The number of amides is 1. The van der Waals surface area contributed by atoms with E-state index in [4.69, 9.17) is 5.73 Å². The van der Waals surface area contributed by atoms with Crippen molar-refractivity contribution in [2.45, 2.75) is 18.8 Å². The highest BCUT2D eigenvalue weighted by Gasteiger charge is 2.30. The Balaban J connectivity index is 2.36. The summed E-state index contributed by atoms with van der Waals surface area (Å²) in [5.41, 5.74) is 6.28. The third kappa shape index (κ3) is 1.90. The minimum Gasteiger partial charge on any atom is -0.326 e. The van der Waals surface area contributed by atoms with Crippen molar-refractivity contribution < 1.29 is 13.6 Å². The van der Waals surface area contributed by atoms with E-state index in [0.29, 0.717) is 18.5 Å². The van der Waals surface area contributed by atoms with Crippen LogP contribution in [0.4, 0.5) is 14.5 Å². The lowest BCUT2D eigenvalue weighted by Crippen LogP contribution is -2.26.